The average Bonchev–Trinajstić information content (AvgIpc) is 3.57. The lowest BCUT2D eigenvalue weighted by Gasteiger charge is -2.52. The number of nitrogens with one attached hydrogen (secondary N) is 1. The van der Waals surface area contributed by atoms with Gasteiger partial charge in [-0.3, -0.25) is 14.4 Å². The first kappa shape index (κ1) is 23.9. The third-order valence-electron chi connectivity index (χ3n) is 8.01. The number of halogens is 2. The molecule has 39 heavy (non-hydrogen) atoms. The number of imide groups is 1. The van der Waals surface area contributed by atoms with E-state index in [0.717, 1.165) is 22.3 Å². The SMILES string of the molecule is O=C(N/N=C\C12c3ccccc3C(c3ccccc31)[C@@H]1C(=O)N(c3ccc(Cl)cc3Cl)C(=O)[C@H]12)c1ccco1. The van der Waals surface area contributed by atoms with Crippen LogP contribution in [-0.2, 0) is 15.0 Å². The maximum absolute atomic E-state index is 14.3. The zero-order valence-electron chi connectivity index (χ0n) is 20.2. The smallest absolute Gasteiger partial charge is 0.307 e. The Hall–Kier alpha value is -4.20. The van der Waals surface area contributed by atoms with Crippen LogP contribution in [0.4, 0.5) is 5.69 Å². The first-order valence-corrected chi connectivity index (χ1v) is 13.1. The van der Waals surface area contributed by atoms with E-state index in [1.54, 1.807) is 24.4 Å². The van der Waals surface area contributed by atoms with Crippen molar-refractivity contribution in [3.63, 3.8) is 0 Å². The van der Waals surface area contributed by atoms with Gasteiger partial charge < -0.3 is 4.42 Å². The van der Waals surface area contributed by atoms with Crippen LogP contribution in [0, 0.1) is 11.8 Å². The lowest BCUT2D eigenvalue weighted by atomic mass is 9.47. The van der Waals surface area contributed by atoms with Gasteiger partial charge in [-0.15, -0.1) is 0 Å². The summed E-state index contributed by atoms with van der Waals surface area (Å²) in [5.41, 5.74) is 5.34. The average molecular weight is 556 g/mol. The Morgan fingerprint density at radius 1 is 0.923 bits per heavy atom. The maximum Gasteiger partial charge on any atom is 0.307 e. The summed E-state index contributed by atoms with van der Waals surface area (Å²) in [6, 6.07) is 23.4. The number of hydrazone groups is 1. The summed E-state index contributed by atoms with van der Waals surface area (Å²) in [5, 5.41) is 4.96. The quantitative estimate of drug-likeness (QED) is 0.203. The van der Waals surface area contributed by atoms with Gasteiger partial charge in [0, 0.05) is 17.2 Å². The van der Waals surface area contributed by atoms with Crippen LogP contribution < -0.4 is 10.3 Å². The van der Waals surface area contributed by atoms with Crippen LogP contribution in [0.3, 0.4) is 0 Å². The van der Waals surface area contributed by atoms with Crippen molar-refractivity contribution in [1.29, 1.82) is 0 Å². The number of anilines is 1. The molecule has 8 rings (SSSR count). The number of carbonyl (C=O) groups excluding carboxylic acids is 3. The number of furan rings is 1. The van der Waals surface area contributed by atoms with Crippen LogP contribution >= 0.6 is 23.2 Å². The first-order valence-electron chi connectivity index (χ1n) is 12.3. The van der Waals surface area contributed by atoms with Crippen LogP contribution in [0.1, 0.15) is 38.7 Å². The summed E-state index contributed by atoms with van der Waals surface area (Å²) in [5.74, 6) is -2.97. The van der Waals surface area contributed by atoms with E-state index < -0.39 is 23.2 Å². The van der Waals surface area contributed by atoms with E-state index in [0.29, 0.717) is 5.02 Å². The molecule has 4 aliphatic rings. The van der Waals surface area contributed by atoms with Crippen LogP contribution in [0.2, 0.25) is 10.0 Å². The fourth-order valence-corrected chi connectivity index (χ4v) is 7.10. The number of hydrogen-bond donors (Lipinski definition) is 1. The molecule has 1 aliphatic heterocycles. The van der Waals surface area contributed by atoms with Crippen LogP contribution in [-0.4, -0.2) is 23.9 Å². The summed E-state index contributed by atoms with van der Waals surface area (Å²) in [4.78, 5) is 42.3. The van der Waals surface area contributed by atoms with Crippen molar-refractivity contribution in [2.75, 3.05) is 4.90 Å². The molecule has 1 N–H and O–H groups in total. The molecule has 0 unspecified atom stereocenters. The van der Waals surface area contributed by atoms with Crippen LogP contribution in [0.15, 0.2) is 94.6 Å². The van der Waals surface area contributed by atoms with Gasteiger partial charge in [-0.1, -0.05) is 71.7 Å². The summed E-state index contributed by atoms with van der Waals surface area (Å²) >= 11 is 12.6. The minimum atomic E-state index is -1.12. The van der Waals surface area contributed by atoms with E-state index in [9.17, 15) is 14.4 Å². The second-order valence-corrected chi connectivity index (χ2v) is 10.7. The van der Waals surface area contributed by atoms with Crippen molar-refractivity contribution in [3.05, 3.63) is 123 Å². The molecular formula is C30H19Cl2N3O4. The molecule has 1 saturated heterocycles. The maximum atomic E-state index is 14.3. The molecule has 0 radical (unpaired) electrons. The van der Waals surface area contributed by atoms with E-state index in [1.165, 1.54) is 23.3 Å². The third kappa shape index (κ3) is 3.23. The van der Waals surface area contributed by atoms with Crippen molar-refractivity contribution in [2.24, 2.45) is 16.9 Å². The van der Waals surface area contributed by atoms with Gasteiger partial charge in [-0.25, -0.2) is 10.3 Å². The van der Waals surface area contributed by atoms with Gasteiger partial charge in [0.05, 0.1) is 34.2 Å². The molecule has 3 aromatic carbocycles. The van der Waals surface area contributed by atoms with Gasteiger partial charge >= 0.3 is 5.91 Å². The lowest BCUT2D eigenvalue weighted by Crippen LogP contribution is -2.54. The van der Waals surface area contributed by atoms with Gasteiger partial charge in [-0.2, -0.15) is 5.10 Å². The molecule has 4 aromatic rings. The van der Waals surface area contributed by atoms with E-state index in [-0.39, 0.29) is 34.2 Å². The van der Waals surface area contributed by atoms with Gasteiger partial charge in [0.25, 0.3) is 0 Å². The predicted molar refractivity (Wildman–Crippen MR) is 146 cm³/mol. The highest BCUT2D eigenvalue weighted by molar-refractivity contribution is 6.38. The summed E-state index contributed by atoms with van der Waals surface area (Å²) in [6.45, 7) is 0. The Kier molecular flexibility index (Phi) is 5.30. The van der Waals surface area contributed by atoms with Gasteiger partial charge in [0.1, 0.15) is 0 Å². The topological polar surface area (TPSA) is 92.0 Å². The molecule has 3 aliphatic carbocycles. The fraction of sp³-hybridized carbons (Fsp3) is 0.133. The lowest BCUT2D eigenvalue weighted by molar-refractivity contribution is -0.122. The Labute approximate surface area is 233 Å². The highest BCUT2D eigenvalue weighted by Gasteiger charge is 2.68. The van der Waals surface area contributed by atoms with Crippen LogP contribution in [0.25, 0.3) is 0 Å². The van der Waals surface area contributed by atoms with Crippen molar-refractivity contribution >= 4 is 52.8 Å². The minimum absolute atomic E-state index is 0.103. The predicted octanol–water partition coefficient (Wildman–Crippen LogP) is 5.55. The normalized spacial score (nSPS) is 24.6. The minimum Gasteiger partial charge on any atom is -0.459 e. The molecule has 0 spiro atoms. The zero-order chi connectivity index (χ0) is 26.9. The second kappa shape index (κ2) is 8.66. The monoisotopic (exact) mass is 555 g/mol. The number of amides is 3. The molecule has 9 heteroatoms. The molecule has 0 saturated carbocycles. The fourth-order valence-electron chi connectivity index (χ4n) is 6.61. The molecule has 3 amide bonds. The van der Waals surface area contributed by atoms with E-state index in [4.69, 9.17) is 27.6 Å². The largest absolute Gasteiger partial charge is 0.459 e. The van der Waals surface area contributed by atoms with Gasteiger partial charge in [0.15, 0.2) is 5.76 Å². The third-order valence-corrected chi connectivity index (χ3v) is 8.55. The number of benzene rings is 3. The van der Waals surface area contributed by atoms with Crippen molar-refractivity contribution < 1.29 is 18.8 Å². The van der Waals surface area contributed by atoms with Crippen molar-refractivity contribution in [2.45, 2.75) is 11.3 Å². The van der Waals surface area contributed by atoms with Gasteiger partial charge in [0.2, 0.25) is 11.8 Å². The number of rotatable bonds is 4. The molecule has 2 atom stereocenters. The van der Waals surface area contributed by atoms with Crippen molar-refractivity contribution in [1.82, 2.24) is 5.43 Å². The van der Waals surface area contributed by atoms with Crippen LogP contribution in [0.5, 0.6) is 0 Å². The molecule has 1 fully saturated rings. The summed E-state index contributed by atoms with van der Waals surface area (Å²) < 4.78 is 5.18. The highest BCUT2D eigenvalue weighted by atomic mass is 35.5. The second-order valence-electron chi connectivity index (χ2n) is 9.81. The summed E-state index contributed by atoms with van der Waals surface area (Å²) in [7, 11) is 0. The molecule has 2 bridgehead atoms. The van der Waals surface area contributed by atoms with E-state index >= 15 is 0 Å². The highest BCUT2D eigenvalue weighted by Crippen LogP contribution is 2.63. The summed E-state index contributed by atoms with van der Waals surface area (Å²) in [6.07, 6.45) is 2.99. The zero-order valence-corrected chi connectivity index (χ0v) is 21.7. The van der Waals surface area contributed by atoms with Gasteiger partial charge in [-0.05, 0) is 52.6 Å². The Morgan fingerprint density at radius 3 is 2.26 bits per heavy atom. The first-order chi connectivity index (χ1) is 18.9. The Bertz CT molecular complexity index is 1670. The molecule has 192 valence electrons. The molecular weight excluding hydrogens is 537 g/mol. The van der Waals surface area contributed by atoms with Crippen molar-refractivity contribution in [3.8, 4) is 0 Å². The molecule has 7 nitrogen and oxygen atoms in total. The number of nitrogens with zero attached hydrogens (tertiary/aromatic N) is 2. The number of carbonyl (C=O) groups is 3. The number of hydrogen-bond acceptors (Lipinski definition) is 5. The standard InChI is InChI=1S/C30H19Cl2N3O4/c31-16-11-12-22(21(32)14-16)35-28(37)25-24-17-6-1-3-8-19(17)30(26(25)29(35)38,20-9-4-2-7-18(20)24)15-33-34-27(36)23-10-5-13-39-23/h1-15,24-26H,(H,34,36)/b33-15-/t24?,25-,26-,30?/m0/s1. The molecule has 1 aromatic heterocycles. The Balaban J connectivity index is 1.43. The van der Waals surface area contributed by atoms with E-state index in [2.05, 4.69) is 10.5 Å². The Morgan fingerprint density at radius 2 is 1.62 bits per heavy atom. The van der Waals surface area contributed by atoms with E-state index in [1.807, 2.05) is 48.5 Å². The molecule has 2 heterocycles.